The maximum absolute atomic E-state index is 11.1. The monoisotopic (exact) mass is 325 g/mol. The lowest BCUT2D eigenvalue weighted by Gasteiger charge is -2.06. The van der Waals surface area contributed by atoms with Crippen molar-refractivity contribution in [2.75, 3.05) is 0 Å². The lowest BCUT2D eigenvalue weighted by Crippen LogP contribution is -2.21. The summed E-state index contributed by atoms with van der Waals surface area (Å²) in [6, 6.07) is 15.4. The van der Waals surface area contributed by atoms with Crippen LogP contribution in [0.4, 0.5) is 13.2 Å². The standard InChI is InChI=1S/C14H13NO.C2HF3O2/c1-10-5-2-3-8-13(10)11-6-4-7-12(9-11)14(15)16;3-2(4,5)1(6)7/h2-9H,1H3,(H2,15,16);(H,6,7). The molecule has 0 unspecified atom stereocenters. The molecule has 4 nitrogen and oxygen atoms in total. The second-order valence-electron chi connectivity index (χ2n) is 4.56. The van der Waals surface area contributed by atoms with Crippen LogP contribution in [0.25, 0.3) is 11.1 Å². The van der Waals surface area contributed by atoms with Crippen molar-refractivity contribution in [3.05, 3.63) is 59.7 Å². The molecule has 0 aliphatic heterocycles. The Hall–Kier alpha value is -2.83. The molecule has 1 amide bonds. The summed E-state index contributed by atoms with van der Waals surface area (Å²) in [6.07, 6.45) is -5.08. The second-order valence-corrected chi connectivity index (χ2v) is 4.56. The number of aliphatic carboxylic acids is 1. The van der Waals surface area contributed by atoms with E-state index in [1.54, 1.807) is 6.07 Å². The van der Waals surface area contributed by atoms with Crippen LogP contribution in [0.5, 0.6) is 0 Å². The van der Waals surface area contributed by atoms with E-state index in [4.69, 9.17) is 15.6 Å². The summed E-state index contributed by atoms with van der Waals surface area (Å²) < 4.78 is 31.7. The fourth-order valence-corrected chi connectivity index (χ4v) is 1.74. The molecule has 122 valence electrons. The molecule has 2 aromatic rings. The average molecular weight is 325 g/mol. The molecule has 23 heavy (non-hydrogen) atoms. The first-order chi connectivity index (χ1) is 10.6. The van der Waals surface area contributed by atoms with E-state index < -0.39 is 18.1 Å². The van der Waals surface area contributed by atoms with Gasteiger partial charge in [0.1, 0.15) is 0 Å². The van der Waals surface area contributed by atoms with E-state index in [9.17, 15) is 18.0 Å². The number of carboxylic acids is 1. The molecule has 0 spiro atoms. The van der Waals surface area contributed by atoms with Crippen molar-refractivity contribution in [3.8, 4) is 11.1 Å². The number of carbonyl (C=O) groups excluding carboxylic acids is 1. The Labute approximate surface area is 130 Å². The van der Waals surface area contributed by atoms with Gasteiger partial charge in [-0.15, -0.1) is 0 Å². The molecular formula is C16H14F3NO3. The highest BCUT2D eigenvalue weighted by molar-refractivity contribution is 5.94. The van der Waals surface area contributed by atoms with Crippen molar-refractivity contribution >= 4 is 11.9 Å². The quantitative estimate of drug-likeness (QED) is 0.888. The van der Waals surface area contributed by atoms with Crippen molar-refractivity contribution in [2.45, 2.75) is 13.1 Å². The molecule has 0 saturated heterocycles. The summed E-state index contributed by atoms with van der Waals surface area (Å²) in [5, 5.41) is 7.12. The molecule has 0 fully saturated rings. The third-order valence-corrected chi connectivity index (χ3v) is 2.85. The van der Waals surface area contributed by atoms with E-state index in [1.807, 2.05) is 49.4 Å². The first-order valence-corrected chi connectivity index (χ1v) is 6.39. The van der Waals surface area contributed by atoms with Gasteiger partial charge in [-0.05, 0) is 35.7 Å². The fourth-order valence-electron chi connectivity index (χ4n) is 1.74. The lowest BCUT2D eigenvalue weighted by atomic mass is 9.99. The Morgan fingerprint density at radius 2 is 1.61 bits per heavy atom. The van der Waals surface area contributed by atoms with Gasteiger partial charge in [0.15, 0.2) is 0 Å². The molecule has 0 heterocycles. The summed E-state index contributed by atoms with van der Waals surface area (Å²) in [5.74, 6) is -3.15. The van der Waals surface area contributed by atoms with E-state index in [0.717, 1.165) is 11.1 Å². The highest BCUT2D eigenvalue weighted by Crippen LogP contribution is 2.23. The first kappa shape index (κ1) is 18.2. The Morgan fingerprint density at radius 3 is 2.09 bits per heavy atom. The van der Waals surface area contributed by atoms with Crippen LogP contribution in [0.15, 0.2) is 48.5 Å². The number of aryl methyl sites for hydroxylation is 1. The number of primary amides is 1. The van der Waals surface area contributed by atoms with E-state index in [1.165, 1.54) is 5.56 Å². The van der Waals surface area contributed by atoms with Gasteiger partial charge in [0.2, 0.25) is 5.91 Å². The first-order valence-electron chi connectivity index (χ1n) is 6.39. The molecular weight excluding hydrogens is 311 g/mol. The van der Waals surface area contributed by atoms with Crippen LogP contribution in [0.2, 0.25) is 0 Å². The van der Waals surface area contributed by atoms with Gasteiger partial charge < -0.3 is 10.8 Å². The Kier molecular flexibility index (Phi) is 5.89. The predicted octanol–water partition coefficient (Wildman–Crippen LogP) is 3.39. The zero-order valence-electron chi connectivity index (χ0n) is 12.1. The highest BCUT2D eigenvalue weighted by Gasteiger charge is 2.38. The molecule has 0 bridgehead atoms. The number of carbonyl (C=O) groups is 2. The minimum Gasteiger partial charge on any atom is -0.475 e. The predicted molar refractivity (Wildman–Crippen MR) is 78.8 cm³/mol. The maximum Gasteiger partial charge on any atom is 0.490 e. The Balaban J connectivity index is 0.000000322. The normalized spacial score (nSPS) is 10.4. The summed E-state index contributed by atoms with van der Waals surface area (Å²) >= 11 is 0. The molecule has 0 saturated carbocycles. The number of hydrogen-bond acceptors (Lipinski definition) is 2. The number of halogens is 3. The smallest absolute Gasteiger partial charge is 0.475 e. The zero-order chi connectivity index (χ0) is 17.6. The minimum absolute atomic E-state index is 0.393. The Bertz CT molecular complexity index is 712. The zero-order valence-corrected chi connectivity index (χ0v) is 12.1. The van der Waals surface area contributed by atoms with Crippen molar-refractivity contribution < 1.29 is 27.9 Å². The number of benzene rings is 2. The van der Waals surface area contributed by atoms with Crippen LogP contribution >= 0.6 is 0 Å². The minimum atomic E-state index is -5.08. The molecule has 0 aliphatic rings. The van der Waals surface area contributed by atoms with Gasteiger partial charge in [-0.3, -0.25) is 4.79 Å². The number of rotatable bonds is 2. The van der Waals surface area contributed by atoms with Crippen molar-refractivity contribution in [1.29, 1.82) is 0 Å². The van der Waals surface area contributed by atoms with Crippen LogP contribution in [0.3, 0.4) is 0 Å². The average Bonchev–Trinajstić information content (AvgIpc) is 2.47. The second kappa shape index (κ2) is 7.44. The molecule has 2 rings (SSSR count). The lowest BCUT2D eigenvalue weighted by molar-refractivity contribution is -0.192. The van der Waals surface area contributed by atoms with Crippen LogP contribution in [-0.4, -0.2) is 23.2 Å². The number of nitrogens with two attached hydrogens (primary N) is 1. The van der Waals surface area contributed by atoms with Crippen molar-refractivity contribution in [1.82, 2.24) is 0 Å². The van der Waals surface area contributed by atoms with E-state index in [2.05, 4.69) is 0 Å². The van der Waals surface area contributed by atoms with Crippen molar-refractivity contribution in [2.24, 2.45) is 5.73 Å². The van der Waals surface area contributed by atoms with Crippen LogP contribution in [-0.2, 0) is 4.79 Å². The van der Waals surface area contributed by atoms with Gasteiger partial charge in [0.25, 0.3) is 0 Å². The topological polar surface area (TPSA) is 80.4 Å². The van der Waals surface area contributed by atoms with Crippen LogP contribution in [0.1, 0.15) is 15.9 Å². The molecule has 0 aromatic heterocycles. The SMILES string of the molecule is Cc1ccccc1-c1cccc(C(N)=O)c1.O=C(O)C(F)(F)F. The summed E-state index contributed by atoms with van der Waals surface area (Å²) in [6.45, 7) is 2.05. The van der Waals surface area contributed by atoms with Crippen molar-refractivity contribution in [3.63, 3.8) is 0 Å². The third kappa shape index (κ3) is 5.46. The van der Waals surface area contributed by atoms with Gasteiger partial charge in [-0.25, -0.2) is 4.79 Å². The fraction of sp³-hybridized carbons (Fsp3) is 0.125. The van der Waals surface area contributed by atoms with E-state index in [-0.39, 0.29) is 0 Å². The molecule has 2 aromatic carbocycles. The van der Waals surface area contributed by atoms with Crippen LogP contribution < -0.4 is 5.73 Å². The van der Waals surface area contributed by atoms with E-state index in [0.29, 0.717) is 5.56 Å². The largest absolute Gasteiger partial charge is 0.490 e. The summed E-state index contributed by atoms with van der Waals surface area (Å²) in [5.41, 5.74) is 9.14. The molecule has 3 N–H and O–H groups in total. The highest BCUT2D eigenvalue weighted by atomic mass is 19.4. The van der Waals surface area contributed by atoms with Gasteiger partial charge >= 0.3 is 12.1 Å². The summed E-state index contributed by atoms with van der Waals surface area (Å²) in [7, 11) is 0. The number of carboxylic acid groups (broad SMARTS) is 1. The van der Waals surface area contributed by atoms with E-state index >= 15 is 0 Å². The number of hydrogen-bond donors (Lipinski definition) is 2. The number of amides is 1. The van der Waals surface area contributed by atoms with Gasteiger partial charge in [0, 0.05) is 5.56 Å². The molecule has 7 heteroatoms. The van der Waals surface area contributed by atoms with Gasteiger partial charge in [-0.2, -0.15) is 13.2 Å². The van der Waals surface area contributed by atoms with Crippen LogP contribution in [0, 0.1) is 6.92 Å². The Morgan fingerprint density at radius 1 is 1.04 bits per heavy atom. The summed E-state index contributed by atoms with van der Waals surface area (Å²) in [4.78, 5) is 20.0. The molecule has 0 radical (unpaired) electrons. The maximum atomic E-state index is 11.1. The number of alkyl halides is 3. The van der Waals surface area contributed by atoms with Gasteiger partial charge in [-0.1, -0.05) is 36.4 Å². The third-order valence-electron chi connectivity index (χ3n) is 2.85. The molecule has 0 atom stereocenters. The van der Waals surface area contributed by atoms with Gasteiger partial charge in [0.05, 0.1) is 0 Å². The molecule has 0 aliphatic carbocycles.